The molecule has 154 valence electrons. The van der Waals surface area contributed by atoms with E-state index in [1.165, 1.54) is 0 Å². The molecule has 2 heterocycles. The molecule has 0 bridgehead atoms. The van der Waals surface area contributed by atoms with Crippen LogP contribution in [0.2, 0.25) is 0 Å². The first kappa shape index (κ1) is 19.9. The number of hydrogen-bond donors (Lipinski definition) is 1. The summed E-state index contributed by atoms with van der Waals surface area (Å²) in [4.78, 5) is 31.6. The molecule has 1 aliphatic rings. The number of anilines is 1. The number of halogens is 1. The van der Waals surface area contributed by atoms with E-state index >= 15 is 0 Å². The van der Waals surface area contributed by atoms with E-state index in [0.717, 1.165) is 42.8 Å². The Morgan fingerprint density at radius 1 is 1.17 bits per heavy atom. The molecule has 8 heteroatoms. The second kappa shape index (κ2) is 8.52. The molecular weight excluding hydrogens is 383 g/mol. The van der Waals surface area contributed by atoms with Crippen molar-refractivity contribution in [3.8, 4) is 11.4 Å². The summed E-state index contributed by atoms with van der Waals surface area (Å²) >= 11 is 0. The van der Waals surface area contributed by atoms with Crippen LogP contribution in [-0.2, 0) is 0 Å². The first-order valence-corrected chi connectivity index (χ1v) is 9.92. The summed E-state index contributed by atoms with van der Waals surface area (Å²) in [7, 11) is 1.77. The average Bonchev–Trinajstić information content (AvgIpc) is 2.72. The summed E-state index contributed by atoms with van der Waals surface area (Å²) in [5.74, 6) is 0.921. The van der Waals surface area contributed by atoms with Gasteiger partial charge in [0.25, 0.3) is 0 Å². The number of aryl methyl sites for hydroxylation is 1. The highest BCUT2D eigenvalue weighted by Gasteiger charge is 2.35. The first-order chi connectivity index (χ1) is 14.5. The van der Waals surface area contributed by atoms with Crippen molar-refractivity contribution in [1.82, 2.24) is 24.8 Å². The van der Waals surface area contributed by atoms with E-state index < -0.39 is 5.82 Å². The second-order valence-electron chi connectivity index (χ2n) is 7.54. The maximum Gasteiger partial charge on any atom is 0.322 e. The molecule has 2 aromatic heterocycles. The molecule has 1 fully saturated rings. The minimum absolute atomic E-state index is 0.176. The third-order valence-electron chi connectivity index (χ3n) is 5.53. The predicted molar refractivity (Wildman–Crippen MR) is 111 cm³/mol. The number of rotatable bonds is 5. The highest BCUT2D eigenvalue weighted by Crippen LogP contribution is 2.39. The number of benzene rings is 1. The lowest BCUT2D eigenvalue weighted by Gasteiger charge is -2.38. The van der Waals surface area contributed by atoms with Gasteiger partial charge in [0.15, 0.2) is 17.5 Å². The molecule has 2 amide bonds. The van der Waals surface area contributed by atoms with Crippen LogP contribution in [0.3, 0.4) is 0 Å². The van der Waals surface area contributed by atoms with Crippen LogP contribution in [-0.4, -0.2) is 37.9 Å². The molecule has 30 heavy (non-hydrogen) atoms. The van der Waals surface area contributed by atoms with Crippen molar-refractivity contribution in [2.75, 3.05) is 12.4 Å². The Morgan fingerprint density at radius 3 is 2.50 bits per heavy atom. The van der Waals surface area contributed by atoms with Gasteiger partial charge in [0.1, 0.15) is 0 Å². The van der Waals surface area contributed by atoms with Crippen LogP contribution in [0.4, 0.5) is 14.9 Å². The van der Waals surface area contributed by atoms with Gasteiger partial charge < -0.3 is 10.2 Å². The highest BCUT2D eigenvalue weighted by atomic mass is 19.1. The van der Waals surface area contributed by atoms with Crippen molar-refractivity contribution in [1.29, 1.82) is 0 Å². The smallest absolute Gasteiger partial charge is 0.317 e. The summed E-state index contributed by atoms with van der Waals surface area (Å²) in [5.41, 5.74) is 2.28. The fourth-order valence-corrected chi connectivity index (χ4v) is 3.65. The molecule has 1 atom stereocenters. The topological polar surface area (TPSA) is 83.9 Å². The molecule has 1 aliphatic carbocycles. The Kier molecular flexibility index (Phi) is 5.65. The zero-order valence-electron chi connectivity index (χ0n) is 16.9. The van der Waals surface area contributed by atoms with Crippen molar-refractivity contribution in [2.45, 2.75) is 32.2 Å². The molecule has 0 spiro atoms. The maximum atomic E-state index is 13.2. The molecule has 1 saturated carbocycles. The van der Waals surface area contributed by atoms with Crippen LogP contribution in [0.25, 0.3) is 11.4 Å². The van der Waals surface area contributed by atoms with Gasteiger partial charge in [0.2, 0.25) is 0 Å². The lowest BCUT2D eigenvalue weighted by molar-refractivity contribution is 0.132. The third-order valence-corrected chi connectivity index (χ3v) is 5.53. The summed E-state index contributed by atoms with van der Waals surface area (Å²) in [6.07, 6.45) is 8.92. The Labute approximate surface area is 174 Å². The van der Waals surface area contributed by atoms with Gasteiger partial charge in [-0.1, -0.05) is 12.5 Å². The average molecular weight is 406 g/mol. The molecule has 0 radical (unpaired) electrons. The van der Waals surface area contributed by atoms with E-state index in [4.69, 9.17) is 0 Å². The lowest BCUT2D eigenvalue weighted by Crippen LogP contribution is -2.41. The van der Waals surface area contributed by atoms with E-state index in [1.807, 2.05) is 19.1 Å². The van der Waals surface area contributed by atoms with Crippen molar-refractivity contribution >= 4 is 11.7 Å². The van der Waals surface area contributed by atoms with Gasteiger partial charge in [-0.05, 0) is 49.4 Å². The van der Waals surface area contributed by atoms with Crippen LogP contribution in [0, 0.1) is 18.7 Å². The summed E-state index contributed by atoms with van der Waals surface area (Å²) in [5, 5.41) is 2.95. The summed E-state index contributed by atoms with van der Waals surface area (Å²) in [6, 6.07) is 6.85. The SMILES string of the molecule is Cc1ccc(NC(=O)N(C)C(c2ncccn2)C2CCC2)cc1-c1ncc(F)cn1. The van der Waals surface area contributed by atoms with E-state index in [0.29, 0.717) is 23.3 Å². The van der Waals surface area contributed by atoms with Crippen molar-refractivity contribution in [2.24, 2.45) is 5.92 Å². The van der Waals surface area contributed by atoms with E-state index in [-0.39, 0.29) is 12.1 Å². The van der Waals surface area contributed by atoms with Crippen molar-refractivity contribution in [3.63, 3.8) is 0 Å². The predicted octanol–water partition coefficient (Wildman–Crippen LogP) is 4.39. The number of nitrogens with one attached hydrogen (secondary N) is 1. The number of nitrogens with zero attached hydrogens (tertiary/aromatic N) is 5. The van der Waals surface area contributed by atoms with Crippen molar-refractivity contribution < 1.29 is 9.18 Å². The third kappa shape index (κ3) is 4.12. The number of urea groups is 1. The van der Waals surface area contributed by atoms with E-state index in [2.05, 4.69) is 25.3 Å². The molecule has 1 aromatic carbocycles. The van der Waals surface area contributed by atoms with Gasteiger partial charge in [0, 0.05) is 30.7 Å². The fourth-order valence-electron chi connectivity index (χ4n) is 3.65. The molecule has 0 aliphatic heterocycles. The zero-order valence-corrected chi connectivity index (χ0v) is 16.9. The van der Waals surface area contributed by atoms with Crippen LogP contribution in [0.1, 0.15) is 36.7 Å². The van der Waals surface area contributed by atoms with E-state index in [1.54, 1.807) is 36.5 Å². The van der Waals surface area contributed by atoms with Crippen molar-refractivity contribution in [3.05, 3.63) is 66.3 Å². The number of hydrogen-bond acceptors (Lipinski definition) is 5. The molecule has 7 nitrogen and oxygen atoms in total. The molecule has 4 rings (SSSR count). The summed E-state index contributed by atoms with van der Waals surface area (Å²) in [6.45, 7) is 1.92. The molecule has 3 aromatic rings. The molecule has 1 unspecified atom stereocenters. The molecular formula is C22H23FN6O. The van der Waals surface area contributed by atoms with Gasteiger partial charge in [-0.2, -0.15) is 0 Å². The van der Waals surface area contributed by atoms with Gasteiger partial charge >= 0.3 is 6.03 Å². The van der Waals surface area contributed by atoms with Gasteiger partial charge in [-0.25, -0.2) is 29.1 Å². The molecule has 1 N–H and O–H groups in total. The second-order valence-corrected chi connectivity index (χ2v) is 7.54. The molecule has 0 saturated heterocycles. The van der Waals surface area contributed by atoms with Crippen LogP contribution < -0.4 is 5.32 Å². The van der Waals surface area contributed by atoms with Crippen LogP contribution in [0.5, 0.6) is 0 Å². The Hall–Kier alpha value is -3.42. The summed E-state index contributed by atoms with van der Waals surface area (Å²) < 4.78 is 13.2. The van der Waals surface area contributed by atoms with Crippen LogP contribution >= 0.6 is 0 Å². The first-order valence-electron chi connectivity index (χ1n) is 9.92. The number of aromatic nitrogens is 4. The Balaban J connectivity index is 1.55. The minimum atomic E-state index is -0.493. The lowest BCUT2D eigenvalue weighted by atomic mass is 9.79. The Morgan fingerprint density at radius 2 is 1.87 bits per heavy atom. The Bertz CT molecular complexity index is 1020. The largest absolute Gasteiger partial charge is 0.322 e. The van der Waals surface area contributed by atoms with Gasteiger partial charge in [-0.15, -0.1) is 0 Å². The fraction of sp³-hybridized carbons (Fsp3) is 0.318. The van der Waals surface area contributed by atoms with Crippen LogP contribution in [0.15, 0.2) is 49.1 Å². The highest BCUT2D eigenvalue weighted by molar-refractivity contribution is 5.90. The quantitative estimate of drug-likeness (QED) is 0.679. The normalized spacial score (nSPS) is 14.6. The van der Waals surface area contributed by atoms with E-state index in [9.17, 15) is 9.18 Å². The van der Waals surface area contributed by atoms with Gasteiger partial charge in [-0.3, -0.25) is 0 Å². The maximum absolute atomic E-state index is 13.2. The minimum Gasteiger partial charge on any atom is -0.317 e. The number of amides is 2. The monoisotopic (exact) mass is 406 g/mol. The number of carbonyl (C=O) groups is 1. The zero-order chi connectivity index (χ0) is 21.1. The van der Waals surface area contributed by atoms with Gasteiger partial charge in [0.05, 0.1) is 18.4 Å². The number of carbonyl (C=O) groups excluding carboxylic acids is 1. The standard InChI is InChI=1S/C22H23FN6O/c1-14-7-8-17(11-18(14)20-26-12-16(23)13-27-20)28-22(30)29(2)19(15-5-3-6-15)21-24-9-4-10-25-21/h4,7-13,15,19H,3,5-6H2,1-2H3,(H,28,30).